The van der Waals surface area contributed by atoms with E-state index >= 15 is 0 Å². The van der Waals surface area contributed by atoms with Crippen LogP contribution >= 0.6 is 0 Å². The van der Waals surface area contributed by atoms with E-state index < -0.39 is 17.2 Å². The molecule has 184 valence electrons. The first-order valence-corrected chi connectivity index (χ1v) is 11.2. The number of rotatable bonds is 5. The predicted molar refractivity (Wildman–Crippen MR) is 134 cm³/mol. The Labute approximate surface area is 209 Å². The molecule has 5 aromatic rings. The molecule has 0 unspecified atom stereocenters. The van der Waals surface area contributed by atoms with Gasteiger partial charge in [-0.2, -0.15) is 10.2 Å². The highest BCUT2D eigenvalue weighted by Crippen LogP contribution is 2.26. The van der Waals surface area contributed by atoms with E-state index in [4.69, 9.17) is 4.42 Å². The van der Waals surface area contributed by atoms with Gasteiger partial charge in [0.2, 0.25) is 5.95 Å². The van der Waals surface area contributed by atoms with Crippen molar-refractivity contribution >= 4 is 22.7 Å². The number of aryl methyl sites for hydroxylation is 3. The van der Waals surface area contributed by atoms with Crippen LogP contribution in [0, 0.1) is 37.9 Å². The zero-order valence-electron chi connectivity index (χ0n) is 20.1. The Bertz CT molecular complexity index is 1850. The van der Waals surface area contributed by atoms with E-state index in [1.165, 1.54) is 22.9 Å². The van der Waals surface area contributed by atoms with Gasteiger partial charge in [-0.05, 0) is 54.8 Å². The number of hydrogen-bond donors (Lipinski definition) is 1. The highest BCUT2D eigenvalue weighted by Gasteiger charge is 2.18. The number of halogens is 1. The molecule has 0 atom stereocenters. The van der Waals surface area contributed by atoms with E-state index in [2.05, 4.69) is 20.3 Å². The Morgan fingerprint density at radius 1 is 1.08 bits per heavy atom. The third-order valence-electron chi connectivity index (χ3n) is 5.77. The van der Waals surface area contributed by atoms with Crippen molar-refractivity contribution in [3.8, 4) is 11.8 Å². The molecule has 0 aliphatic rings. The second kappa shape index (κ2) is 9.16. The first kappa shape index (κ1) is 23.6. The average molecular weight is 497 g/mol. The maximum Gasteiger partial charge on any atom is 0.359 e. The number of nitriles is 1. The number of benzene rings is 2. The molecule has 0 aliphatic carbocycles. The summed E-state index contributed by atoms with van der Waals surface area (Å²) in [6.45, 7) is 5.27. The van der Waals surface area contributed by atoms with E-state index in [0.29, 0.717) is 28.2 Å². The van der Waals surface area contributed by atoms with Crippen molar-refractivity contribution < 1.29 is 8.81 Å². The molecule has 0 saturated carbocycles. The molecule has 0 amide bonds. The van der Waals surface area contributed by atoms with Crippen molar-refractivity contribution in [2.45, 2.75) is 27.3 Å². The number of oxazole rings is 1. The fourth-order valence-corrected chi connectivity index (χ4v) is 4.00. The van der Waals surface area contributed by atoms with E-state index in [1.54, 1.807) is 38.2 Å². The molecule has 11 heteroatoms. The molecule has 0 saturated heterocycles. The zero-order chi connectivity index (χ0) is 26.3. The first-order valence-electron chi connectivity index (χ1n) is 11.2. The highest BCUT2D eigenvalue weighted by atomic mass is 19.1. The van der Waals surface area contributed by atoms with Gasteiger partial charge in [0.25, 0.3) is 0 Å². The van der Waals surface area contributed by atoms with Gasteiger partial charge in [0, 0.05) is 24.9 Å². The number of anilines is 2. The summed E-state index contributed by atoms with van der Waals surface area (Å²) in [6, 6.07) is 10.9. The lowest BCUT2D eigenvalue weighted by atomic mass is 10.1. The second-order valence-corrected chi connectivity index (χ2v) is 8.56. The largest absolute Gasteiger partial charge is 0.441 e. The minimum Gasteiger partial charge on any atom is -0.441 e. The van der Waals surface area contributed by atoms with E-state index in [-0.39, 0.29) is 23.7 Å². The summed E-state index contributed by atoms with van der Waals surface area (Å²) in [7, 11) is 0. The lowest BCUT2D eigenvalue weighted by Crippen LogP contribution is -2.41. The average Bonchev–Trinajstić information content (AvgIpc) is 3.21. The van der Waals surface area contributed by atoms with Crippen molar-refractivity contribution in [1.29, 1.82) is 5.26 Å². The summed E-state index contributed by atoms with van der Waals surface area (Å²) in [6.07, 6.45) is 2.99. The number of fused-ring (bicyclic) bond motifs is 1. The Balaban J connectivity index is 1.69. The molecule has 3 aromatic heterocycles. The summed E-state index contributed by atoms with van der Waals surface area (Å²) in [5.74, 6) is -0.203. The van der Waals surface area contributed by atoms with Crippen molar-refractivity contribution in [3.63, 3.8) is 0 Å². The van der Waals surface area contributed by atoms with Crippen LogP contribution in [-0.4, -0.2) is 24.1 Å². The molecular formula is C26H20FN7O3. The molecular weight excluding hydrogens is 477 g/mol. The maximum atomic E-state index is 13.9. The number of hydrogen-bond acceptors (Lipinski definition) is 8. The van der Waals surface area contributed by atoms with Gasteiger partial charge in [-0.3, -0.25) is 9.55 Å². The Morgan fingerprint density at radius 3 is 2.65 bits per heavy atom. The third-order valence-corrected chi connectivity index (χ3v) is 5.77. The standard InChI is InChI=1S/C26H20FN7O3/c1-14-6-19(12-29-11-14)34-25(35)32-24(31-21-9-23-22(7-15(21)2)30-16(3)37-23)33(26(34)36)13-17-4-5-20(27)18(8-17)10-28/h4-9,11-12H,13H2,1-3H3,(H,31,32,35). The van der Waals surface area contributed by atoms with Crippen molar-refractivity contribution in [2.24, 2.45) is 0 Å². The van der Waals surface area contributed by atoms with Gasteiger partial charge < -0.3 is 9.73 Å². The van der Waals surface area contributed by atoms with Crippen LogP contribution in [0.4, 0.5) is 16.0 Å². The summed E-state index contributed by atoms with van der Waals surface area (Å²) in [5, 5.41) is 12.3. The summed E-state index contributed by atoms with van der Waals surface area (Å²) in [4.78, 5) is 39.3. The van der Waals surface area contributed by atoms with Gasteiger partial charge in [0.05, 0.1) is 24.0 Å². The molecule has 5 rings (SSSR count). The molecule has 3 heterocycles. The molecule has 2 aromatic carbocycles. The minimum absolute atomic E-state index is 0.0339. The summed E-state index contributed by atoms with van der Waals surface area (Å²) < 4.78 is 21.7. The Morgan fingerprint density at radius 2 is 1.89 bits per heavy atom. The Kier molecular flexibility index (Phi) is 5.85. The number of nitrogens with one attached hydrogen (secondary N) is 1. The van der Waals surface area contributed by atoms with Gasteiger partial charge in [-0.15, -0.1) is 0 Å². The van der Waals surface area contributed by atoms with E-state index in [0.717, 1.165) is 21.8 Å². The molecule has 0 aliphatic heterocycles. The molecule has 0 spiro atoms. The smallest absolute Gasteiger partial charge is 0.359 e. The van der Waals surface area contributed by atoms with Crippen LogP contribution in [0.1, 0.15) is 28.1 Å². The quantitative estimate of drug-likeness (QED) is 0.389. The van der Waals surface area contributed by atoms with Gasteiger partial charge in [0.1, 0.15) is 17.4 Å². The van der Waals surface area contributed by atoms with Gasteiger partial charge in [0.15, 0.2) is 11.5 Å². The Hall–Kier alpha value is -5.11. The second-order valence-electron chi connectivity index (χ2n) is 8.56. The van der Waals surface area contributed by atoms with Crippen LogP contribution in [0.5, 0.6) is 0 Å². The maximum absolute atomic E-state index is 13.9. The van der Waals surface area contributed by atoms with Crippen LogP contribution in [0.3, 0.4) is 0 Å². The molecule has 0 bridgehead atoms. The van der Waals surface area contributed by atoms with Crippen LogP contribution in [-0.2, 0) is 6.54 Å². The first-order chi connectivity index (χ1) is 17.7. The van der Waals surface area contributed by atoms with E-state index in [9.17, 15) is 19.2 Å². The fourth-order valence-electron chi connectivity index (χ4n) is 4.00. The normalized spacial score (nSPS) is 11.0. The van der Waals surface area contributed by atoms with Crippen molar-refractivity contribution in [3.05, 3.63) is 104 Å². The highest BCUT2D eigenvalue weighted by molar-refractivity contribution is 5.80. The molecule has 37 heavy (non-hydrogen) atoms. The van der Waals surface area contributed by atoms with Crippen LogP contribution in [0.2, 0.25) is 0 Å². The zero-order valence-corrected chi connectivity index (χ0v) is 20.1. The molecule has 1 N–H and O–H groups in total. The van der Waals surface area contributed by atoms with Gasteiger partial charge >= 0.3 is 11.4 Å². The minimum atomic E-state index is -0.804. The fraction of sp³-hybridized carbons (Fsp3) is 0.154. The van der Waals surface area contributed by atoms with Crippen molar-refractivity contribution in [2.75, 3.05) is 5.32 Å². The third kappa shape index (κ3) is 4.48. The van der Waals surface area contributed by atoms with Gasteiger partial charge in [-0.1, -0.05) is 6.07 Å². The SMILES string of the molecule is Cc1cncc(-n2c(=O)nc(Nc3cc4oc(C)nc4cc3C)n(Cc3ccc(F)c(C#N)c3)c2=O)c1. The molecule has 0 radical (unpaired) electrons. The number of pyridine rings is 1. The van der Waals surface area contributed by atoms with Gasteiger partial charge in [-0.25, -0.2) is 23.5 Å². The van der Waals surface area contributed by atoms with Crippen LogP contribution in [0.25, 0.3) is 16.8 Å². The predicted octanol–water partition coefficient (Wildman–Crippen LogP) is 3.66. The van der Waals surface area contributed by atoms with Crippen molar-refractivity contribution in [1.82, 2.24) is 24.1 Å². The van der Waals surface area contributed by atoms with Crippen LogP contribution < -0.4 is 16.7 Å². The topological polar surface area (TPSA) is 132 Å². The number of nitrogens with zero attached hydrogens (tertiary/aromatic N) is 6. The monoisotopic (exact) mass is 497 g/mol. The lowest BCUT2D eigenvalue weighted by molar-refractivity contribution is 0.561. The molecule has 10 nitrogen and oxygen atoms in total. The lowest BCUT2D eigenvalue weighted by Gasteiger charge is -2.17. The molecule has 0 fully saturated rings. The number of aromatic nitrogens is 5. The summed E-state index contributed by atoms with van der Waals surface area (Å²) >= 11 is 0. The van der Waals surface area contributed by atoms with E-state index in [1.807, 2.05) is 13.0 Å². The van der Waals surface area contributed by atoms with Crippen LogP contribution in [0.15, 0.2) is 62.8 Å². The summed E-state index contributed by atoms with van der Waals surface area (Å²) in [5.41, 5.74) is 2.35.